The SMILES string of the molecule is CN1CC[C@]23c4c5ccc(CO)c4O[C@H]2C(OC(=O)[C@H](O)[C@@H](O)C(=O)O[C@H](C(=O)O)c2ccccc2)=CC[C@@]3(O)[C@H]1C5. The Labute approximate surface area is 240 Å². The van der Waals surface area contributed by atoms with E-state index >= 15 is 0 Å². The molecule has 12 heteroatoms. The van der Waals surface area contributed by atoms with Crippen molar-refractivity contribution in [2.45, 2.75) is 67.3 Å². The quantitative estimate of drug-likeness (QED) is 0.265. The van der Waals surface area contributed by atoms with Crippen LogP contribution in [0.15, 0.2) is 54.3 Å². The van der Waals surface area contributed by atoms with Gasteiger partial charge in [-0.3, -0.25) is 0 Å². The summed E-state index contributed by atoms with van der Waals surface area (Å²) >= 11 is 0. The molecule has 2 aromatic rings. The third-order valence-corrected chi connectivity index (χ3v) is 9.19. The second-order valence-corrected chi connectivity index (χ2v) is 11.3. The number of carboxylic acid groups (broad SMARTS) is 1. The zero-order valence-corrected chi connectivity index (χ0v) is 22.7. The van der Waals surface area contributed by atoms with Gasteiger partial charge in [-0.2, -0.15) is 0 Å². The van der Waals surface area contributed by atoms with Crippen LogP contribution in [-0.2, 0) is 42.3 Å². The lowest BCUT2D eigenvalue weighted by atomic mass is 9.50. The molecule has 5 N–H and O–H groups in total. The molecule has 7 atom stereocenters. The zero-order chi connectivity index (χ0) is 30.0. The van der Waals surface area contributed by atoms with Crippen LogP contribution in [0.5, 0.6) is 5.75 Å². The van der Waals surface area contributed by atoms with Crippen molar-refractivity contribution in [1.82, 2.24) is 4.90 Å². The van der Waals surface area contributed by atoms with Gasteiger partial charge in [-0.1, -0.05) is 42.5 Å². The van der Waals surface area contributed by atoms with Gasteiger partial charge in [0.15, 0.2) is 18.3 Å². The Morgan fingerprint density at radius 1 is 1.10 bits per heavy atom. The summed E-state index contributed by atoms with van der Waals surface area (Å²) in [5.41, 5.74) is 0.0892. The van der Waals surface area contributed by atoms with Crippen molar-refractivity contribution in [3.63, 3.8) is 0 Å². The van der Waals surface area contributed by atoms with E-state index in [4.69, 9.17) is 14.2 Å². The van der Waals surface area contributed by atoms with Crippen molar-refractivity contribution in [1.29, 1.82) is 0 Å². The average molecular weight is 582 g/mol. The largest absolute Gasteiger partial charge is 0.481 e. The molecule has 0 amide bonds. The van der Waals surface area contributed by atoms with E-state index in [1.54, 1.807) is 12.1 Å². The number of rotatable bonds is 8. The van der Waals surface area contributed by atoms with Crippen molar-refractivity contribution in [2.24, 2.45) is 0 Å². The second kappa shape index (κ2) is 10.2. The summed E-state index contributed by atoms with van der Waals surface area (Å²) in [7, 11) is 1.94. The van der Waals surface area contributed by atoms with Crippen LogP contribution in [0.4, 0.5) is 0 Å². The average Bonchev–Trinajstić information content (AvgIpc) is 3.34. The molecule has 1 spiro atoms. The van der Waals surface area contributed by atoms with Gasteiger partial charge >= 0.3 is 17.9 Å². The van der Waals surface area contributed by atoms with Crippen molar-refractivity contribution in [3.05, 3.63) is 76.6 Å². The van der Waals surface area contributed by atoms with Crippen LogP contribution in [0.3, 0.4) is 0 Å². The van der Waals surface area contributed by atoms with E-state index in [1.807, 2.05) is 13.1 Å². The highest BCUT2D eigenvalue weighted by atomic mass is 16.6. The summed E-state index contributed by atoms with van der Waals surface area (Å²) in [5, 5.41) is 52.7. The van der Waals surface area contributed by atoms with E-state index in [0.29, 0.717) is 30.7 Å². The van der Waals surface area contributed by atoms with E-state index in [0.717, 1.165) is 11.1 Å². The molecule has 0 saturated carbocycles. The lowest BCUT2D eigenvalue weighted by Gasteiger charge is -2.61. The lowest BCUT2D eigenvalue weighted by molar-refractivity contribution is -0.183. The maximum atomic E-state index is 13.0. The molecule has 0 aromatic heterocycles. The molecule has 2 aromatic carbocycles. The van der Waals surface area contributed by atoms with Crippen LogP contribution in [0.2, 0.25) is 0 Å². The number of esters is 2. The monoisotopic (exact) mass is 581 g/mol. The molecule has 42 heavy (non-hydrogen) atoms. The first-order valence-corrected chi connectivity index (χ1v) is 13.6. The minimum absolute atomic E-state index is 0.00627. The number of carboxylic acids is 1. The third kappa shape index (κ3) is 3.97. The van der Waals surface area contributed by atoms with Crippen LogP contribution in [0, 0.1) is 0 Å². The van der Waals surface area contributed by atoms with E-state index in [-0.39, 0.29) is 30.4 Å². The Morgan fingerprint density at radius 2 is 1.81 bits per heavy atom. The third-order valence-electron chi connectivity index (χ3n) is 9.19. The summed E-state index contributed by atoms with van der Waals surface area (Å²) in [6.45, 7) is 0.314. The number of aliphatic hydroxyl groups excluding tert-OH is 3. The minimum atomic E-state index is -2.45. The normalized spacial score (nSPS) is 29.3. The Kier molecular flexibility index (Phi) is 6.86. The molecule has 6 rings (SSSR count). The fourth-order valence-electron chi connectivity index (χ4n) is 7.14. The fraction of sp³-hybridized carbons (Fsp3) is 0.433. The van der Waals surface area contributed by atoms with Gasteiger partial charge in [0.05, 0.1) is 17.6 Å². The number of likely N-dealkylation sites (tertiary alicyclic amines) is 1. The number of nitrogens with zero attached hydrogens (tertiary/aromatic N) is 1. The molecule has 2 aliphatic heterocycles. The van der Waals surface area contributed by atoms with Gasteiger partial charge in [0.25, 0.3) is 0 Å². The molecule has 2 heterocycles. The highest BCUT2D eigenvalue weighted by molar-refractivity contribution is 5.87. The molecular weight excluding hydrogens is 550 g/mol. The van der Waals surface area contributed by atoms with Crippen LogP contribution >= 0.6 is 0 Å². The Hall–Kier alpha value is -3.81. The van der Waals surface area contributed by atoms with E-state index in [2.05, 4.69) is 4.90 Å². The molecule has 2 aliphatic carbocycles. The molecule has 0 unspecified atom stereocenters. The molecule has 0 radical (unpaired) electrons. The van der Waals surface area contributed by atoms with Gasteiger partial charge in [0.1, 0.15) is 11.5 Å². The summed E-state index contributed by atoms with van der Waals surface area (Å²) in [6, 6.07) is 11.0. The predicted octanol–water partition coefficient (Wildman–Crippen LogP) is 0.0907. The molecule has 1 fully saturated rings. The molecule has 222 valence electrons. The van der Waals surface area contributed by atoms with E-state index in [1.165, 1.54) is 30.3 Å². The first-order chi connectivity index (χ1) is 20.0. The Bertz CT molecular complexity index is 1480. The van der Waals surface area contributed by atoms with Crippen LogP contribution in [0.1, 0.15) is 41.2 Å². The minimum Gasteiger partial charge on any atom is -0.481 e. The number of aliphatic hydroxyl groups is 4. The maximum Gasteiger partial charge on any atom is 0.349 e. The topological polar surface area (TPSA) is 183 Å². The Morgan fingerprint density at radius 3 is 2.50 bits per heavy atom. The van der Waals surface area contributed by atoms with Crippen LogP contribution in [-0.4, -0.2) is 91.9 Å². The van der Waals surface area contributed by atoms with Gasteiger partial charge in [-0.25, -0.2) is 14.4 Å². The number of aliphatic carboxylic acids is 1. The number of piperidine rings is 1. The van der Waals surface area contributed by atoms with Crippen molar-refractivity contribution >= 4 is 17.9 Å². The maximum absolute atomic E-state index is 13.0. The van der Waals surface area contributed by atoms with Crippen molar-refractivity contribution in [3.8, 4) is 5.75 Å². The van der Waals surface area contributed by atoms with Crippen LogP contribution < -0.4 is 4.74 Å². The van der Waals surface area contributed by atoms with Gasteiger partial charge in [-0.15, -0.1) is 0 Å². The first kappa shape index (κ1) is 28.3. The van der Waals surface area contributed by atoms with Crippen molar-refractivity contribution < 1.29 is 54.1 Å². The van der Waals surface area contributed by atoms with Gasteiger partial charge in [0.2, 0.25) is 6.10 Å². The number of hydrogen-bond acceptors (Lipinski definition) is 11. The lowest BCUT2D eigenvalue weighted by Crippen LogP contribution is -2.74. The zero-order valence-electron chi connectivity index (χ0n) is 22.7. The number of ether oxygens (including phenoxy) is 3. The summed E-state index contributed by atoms with van der Waals surface area (Å²) < 4.78 is 16.8. The highest BCUT2D eigenvalue weighted by Gasteiger charge is 2.72. The van der Waals surface area contributed by atoms with Gasteiger partial charge in [-0.05, 0) is 38.1 Å². The van der Waals surface area contributed by atoms with Crippen LogP contribution in [0.25, 0.3) is 0 Å². The molecule has 4 aliphatic rings. The van der Waals surface area contributed by atoms with Crippen molar-refractivity contribution in [2.75, 3.05) is 13.6 Å². The standard InChI is InChI=1S/C30H31NO11/c1-31-12-11-29-20-16-7-8-17(14-32)23(20)41-25(29)18(9-10-30(29,39)19(31)13-16)40-27(37)21(33)22(34)28(38)42-24(26(35)36)15-5-3-2-4-6-15/h2-9,19,21-22,24-25,32-34,39H,10-14H2,1H3,(H,35,36)/t19-,21-,22-,24+,25+,29+,30-/m1/s1. The van der Waals surface area contributed by atoms with Gasteiger partial charge in [0, 0.05) is 29.2 Å². The number of carbonyl (C=O) groups is 3. The highest BCUT2D eigenvalue weighted by Crippen LogP contribution is 2.64. The number of likely N-dealkylation sites (N-methyl/N-ethyl adjacent to an activating group) is 1. The summed E-state index contributed by atoms with van der Waals surface area (Å²) in [4.78, 5) is 39.4. The first-order valence-electron chi connectivity index (χ1n) is 13.6. The number of benzene rings is 2. The molecule has 1 saturated heterocycles. The predicted molar refractivity (Wildman–Crippen MR) is 142 cm³/mol. The van der Waals surface area contributed by atoms with Gasteiger partial charge < -0.3 is 44.6 Å². The Balaban J connectivity index is 1.25. The summed E-state index contributed by atoms with van der Waals surface area (Å²) in [5.74, 6) is -4.01. The number of hydrogen-bond donors (Lipinski definition) is 5. The summed E-state index contributed by atoms with van der Waals surface area (Å²) in [6.07, 6.45) is -4.99. The smallest absolute Gasteiger partial charge is 0.349 e. The fourth-order valence-corrected chi connectivity index (χ4v) is 7.14. The second-order valence-electron chi connectivity index (χ2n) is 11.3. The molecule has 2 bridgehead atoms. The molecular formula is C30H31NO11. The van der Waals surface area contributed by atoms with E-state index < -0.39 is 53.3 Å². The molecule has 12 nitrogen and oxygen atoms in total. The number of carbonyl (C=O) groups excluding carboxylic acids is 2. The van der Waals surface area contributed by atoms with E-state index in [9.17, 15) is 39.9 Å².